The Morgan fingerprint density at radius 1 is 1.37 bits per heavy atom. The SMILES string of the molecule is CN(c1ncnc(Cl)c1C=O)C1CCC(C)(C)CC1. The lowest BCUT2D eigenvalue weighted by atomic mass is 9.75. The number of anilines is 1. The fourth-order valence-electron chi connectivity index (χ4n) is 2.69. The van der Waals surface area contributed by atoms with Gasteiger partial charge in [0.25, 0.3) is 0 Å². The number of rotatable bonds is 3. The third-order valence-electron chi connectivity index (χ3n) is 4.12. The molecule has 1 heterocycles. The monoisotopic (exact) mass is 281 g/mol. The quantitative estimate of drug-likeness (QED) is 0.630. The van der Waals surface area contributed by atoms with Crippen molar-refractivity contribution in [2.45, 2.75) is 45.6 Å². The summed E-state index contributed by atoms with van der Waals surface area (Å²) in [4.78, 5) is 21.3. The van der Waals surface area contributed by atoms with E-state index in [0.29, 0.717) is 22.8 Å². The smallest absolute Gasteiger partial charge is 0.156 e. The van der Waals surface area contributed by atoms with Crippen molar-refractivity contribution in [1.82, 2.24) is 9.97 Å². The highest BCUT2D eigenvalue weighted by Gasteiger charge is 2.30. The Labute approximate surface area is 119 Å². The Hall–Kier alpha value is -1.16. The maximum absolute atomic E-state index is 11.1. The molecule has 0 unspecified atom stereocenters. The minimum absolute atomic E-state index is 0.225. The van der Waals surface area contributed by atoms with Gasteiger partial charge in [-0.05, 0) is 31.1 Å². The molecule has 1 aliphatic carbocycles. The van der Waals surface area contributed by atoms with Gasteiger partial charge in [0.1, 0.15) is 17.3 Å². The second kappa shape index (κ2) is 5.45. The molecule has 2 rings (SSSR count). The van der Waals surface area contributed by atoms with Crippen LogP contribution < -0.4 is 4.90 Å². The van der Waals surface area contributed by atoms with Crippen LogP contribution in [0.5, 0.6) is 0 Å². The molecule has 1 aromatic rings. The summed E-state index contributed by atoms with van der Waals surface area (Å²) in [5.41, 5.74) is 0.810. The molecule has 4 nitrogen and oxygen atoms in total. The molecule has 0 amide bonds. The first-order chi connectivity index (χ1) is 8.94. The summed E-state index contributed by atoms with van der Waals surface area (Å²) < 4.78 is 0. The molecule has 1 aliphatic rings. The summed E-state index contributed by atoms with van der Waals surface area (Å²) >= 11 is 5.95. The molecule has 0 aromatic carbocycles. The molecule has 0 radical (unpaired) electrons. The maximum Gasteiger partial charge on any atom is 0.156 e. The lowest BCUT2D eigenvalue weighted by Crippen LogP contribution is -2.38. The molecule has 0 spiro atoms. The minimum atomic E-state index is 0.225. The van der Waals surface area contributed by atoms with Crippen LogP contribution in [0.15, 0.2) is 6.33 Å². The minimum Gasteiger partial charge on any atom is -0.356 e. The average molecular weight is 282 g/mol. The van der Waals surface area contributed by atoms with Crippen molar-refractivity contribution in [3.05, 3.63) is 17.0 Å². The number of halogens is 1. The van der Waals surface area contributed by atoms with Crippen molar-refractivity contribution < 1.29 is 4.79 Å². The molecule has 0 saturated heterocycles. The fraction of sp³-hybridized carbons (Fsp3) is 0.643. The zero-order chi connectivity index (χ0) is 14.0. The van der Waals surface area contributed by atoms with Crippen molar-refractivity contribution in [1.29, 1.82) is 0 Å². The number of nitrogens with zero attached hydrogens (tertiary/aromatic N) is 3. The molecule has 0 bridgehead atoms. The van der Waals surface area contributed by atoms with Crippen LogP contribution in [-0.2, 0) is 0 Å². The number of hydrogen-bond donors (Lipinski definition) is 0. The number of aromatic nitrogens is 2. The second-order valence-corrected chi connectivity index (χ2v) is 6.38. The zero-order valence-corrected chi connectivity index (χ0v) is 12.4. The topological polar surface area (TPSA) is 46.1 Å². The van der Waals surface area contributed by atoms with Gasteiger partial charge in [0.2, 0.25) is 0 Å². The molecular weight excluding hydrogens is 262 g/mol. The van der Waals surface area contributed by atoms with Gasteiger partial charge in [-0.3, -0.25) is 4.79 Å². The lowest BCUT2D eigenvalue weighted by molar-refractivity contribution is 0.112. The van der Waals surface area contributed by atoms with Crippen molar-refractivity contribution in [2.24, 2.45) is 5.41 Å². The molecule has 0 aliphatic heterocycles. The Morgan fingerprint density at radius 3 is 2.58 bits per heavy atom. The molecule has 1 aromatic heterocycles. The molecule has 104 valence electrons. The molecule has 0 atom stereocenters. The van der Waals surface area contributed by atoms with Gasteiger partial charge in [-0.2, -0.15) is 0 Å². The maximum atomic E-state index is 11.1. The van der Waals surface area contributed by atoms with E-state index >= 15 is 0 Å². The van der Waals surface area contributed by atoms with Crippen LogP contribution in [-0.4, -0.2) is 29.3 Å². The van der Waals surface area contributed by atoms with Crippen LogP contribution >= 0.6 is 11.6 Å². The van der Waals surface area contributed by atoms with Gasteiger partial charge in [-0.25, -0.2) is 9.97 Å². The van der Waals surface area contributed by atoms with E-state index < -0.39 is 0 Å². The van der Waals surface area contributed by atoms with E-state index in [-0.39, 0.29) is 5.15 Å². The number of hydrogen-bond acceptors (Lipinski definition) is 4. The first-order valence-electron chi connectivity index (χ1n) is 6.63. The molecule has 19 heavy (non-hydrogen) atoms. The predicted molar refractivity (Wildman–Crippen MR) is 76.9 cm³/mol. The summed E-state index contributed by atoms with van der Waals surface area (Å²) in [6.07, 6.45) is 6.76. The van der Waals surface area contributed by atoms with Crippen LogP contribution in [0.3, 0.4) is 0 Å². The van der Waals surface area contributed by atoms with E-state index in [2.05, 4.69) is 28.7 Å². The van der Waals surface area contributed by atoms with Gasteiger partial charge >= 0.3 is 0 Å². The van der Waals surface area contributed by atoms with Gasteiger partial charge in [-0.15, -0.1) is 0 Å². The van der Waals surface area contributed by atoms with Gasteiger partial charge in [0, 0.05) is 13.1 Å². The lowest BCUT2D eigenvalue weighted by Gasteiger charge is -2.39. The Kier molecular flexibility index (Phi) is 4.09. The third-order valence-corrected chi connectivity index (χ3v) is 4.42. The van der Waals surface area contributed by atoms with Crippen LogP contribution in [0, 0.1) is 5.41 Å². The molecule has 0 N–H and O–H groups in total. The van der Waals surface area contributed by atoms with E-state index in [4.69, 9.17) is 11.6 Å². The number of aldehydes is 1. The summed E-state index contributed by atoms with van der Waals surface area (Å²) in [7, 11) is 1.98. The second-order valence-electron chi connectivity index (χ2n) is 6.03. The Balaban J connectivity index is 2.19. The van der Waals surface area contributed by atoms with Crippen LogP contribution in [0.25, 0.3) is 0 Å². The summed E-state index contributed by atoms with van der Waals surface area (Å²) in [6, 6.07) is 0.415. The van der Waals surface area contributed by atoms with Crippen molar-refractivity contribution in [3.63, 3.8) is 0 Å². The standard InChI is InChI=1S/C14H20ClN3O/c1-14(2)6-4-10(5-7-14)18(3)13-11(8-19)12(15)16-9-17-13/h8-10H,4-7H2,1-3H3. The van der Waals surface area contributed by atoms with Crippen molar-refractivity contribution in [2.75, 3.05) is 11.9 Å². The third kappa shape index (κ3) is 3.06. The summed E-state index contributed by atoms with van der Waals surface area (Å²) in [5, 5.41) is 0.225. The summed E-state index contributed by atoms with van der Waals surface area (Å²) in [5.74, 6) is 0.639. The molecule has 1 fully saturated rings. The fourth-order valence-corrected chi connectivity index (χ4v) is 2.86. The molecule has 5 heteroatoms. The zero-order valence-electron chi connectivity index (χ0n) is 11.7. The van der Waals surface area contributed by atoms with Gasteiger partial charge in [-0.1, -0.05) is 25.4 Å². The van der Waals surface area contributed by atoms with Crippen LogP contribution in [0.2, 0.25) is 5.15 Å². The average Bonchev–Trinajstić information content (AvgIpc) is 2.37. The van der Waals surface area contributed by atoms with Gasteiger partial charge in [0.05, 0.1) is 5.56 Å². The number of carbonyl (C=O) groups excluding carboxylic acids is 1. The first-order valence-corrected chi connectivity index (χ1v) is 7.01. The van der Waals surface area contributed by atoms with Crippen LogP contribution in [0.1, 0.15) is 49.9 Å². The predicted octanol–water partition coefficient (Wildman–Crippen LogP) is 3.35. The van der Waals surface area contributed by atoms with Gasteiger partial charge < -0.3 is 4.90 Å². The highest BCUT2D eigenvalue weighted by Crippen LogP contribution is 2.38. The normalized spacial score (nSPS) is 19.2. The van der Waals surface area contributed by atoms with Gasteiger partial charge in [0.15, 0.2) is 6.29 Å². The Morgan fingerprint density at radius 2 is 2.00 bits per heavy atom. The van der Waals surface area contributed by atoms with E-state index in [0.717, 1.165) is 19.1 Å². The van der Waals surface area contributed by atoms with E-state index in [1.165, 1.54) is 19.2 Å². The molecule has 1 saturated carbocycles. The first kappa shape index (κ1) is 14.3. The van der Waals surface area contributed by atoms with E-state index in [9.17, 15) is 4.79 Å². The number of carbonyl (C=O) groups is 1. The van der Waals surface area contributed by atoms with E-state index in [1.807, 2.05) is 7.05 Å². The highest BCUT2D eigenvalue weighted by molar-refractivity contribution is 6.32. The van der Waals surface area contributed by atoms with Crippen molar-refractivity contribution >= 4 is 23.7 Å². The largest absolute Gasteiger partial charge is 0.356 e. The van der Waals surface area contributed by atoms with Crippen molar-refractivity contribution in [3.8, 4) is 0 Å². The highest BCUT2D eigenvalue weighted by atomic mass is 35.5. The summed E-state index contributed by atoms with van der Waals surface area (Å²) in [6.45, 7) is 4.61. The Bertz CT molecular complexity index is 466. The van der Waals surface area contributed by atoms with E-state index in [1.54, 1.807) is 0 Å². The molecular formula is C14H20ClN3O. The van der Waals surface area contributed by atoms with Crippen LogP contribution in [0.4, 0.5) is 5.82 Å².